The van der Waals surface area contributed by atoms with Gasteiger partial charge in [-0.1, -0.05) is 79.6 Å². The largest absolute Gasteiger partial charge is 0.0654 e. The first kappa shape index (κ1) is 17.1. The fraction of sp³-hybridized carbons (Fsp3) is 1.00. The van der Waals surface area contributed by atoms with Crippen molar-refractivity contribution in [2.45, 2.75) is 92.4 Å². The molecule has 0 amide bonds. The lowest BCUT2D eigenvalue weighted by atomic mass is 9.65. The van der Waals surface area contributed by atoms with Gasteiger partial charge < -0.3 is 0 Å². The molecule has 1 saturated carbocycles. The van der Waals surface area contributed by atoms with Crippen LogP contribution in [0.1, 0.15) is 92.4 Å². The minimum atomic E-state index is 0.955. The van der Waals surface area contributed by atoms with Gasteiger partial charge in [0.05, 0.1) is 0 Å². The van der Waals surface area contributed by atoms with E-state index in [0.29, 0.717) is 0 Å². The molecule has 0 aromatic heterocycles. The minimum absolute atomic E-state index is 0.955. The zero-order chi connectivity index (χ0) is 14.3. The van der Waals surface area contributed by atoms with Crippen molar-refractivity contribution in [3.05, 3.63) is 0 Å². The van der Waals surface area contributed by atoms with Crippen molar-refractivity contribution in [3.8, 4) is 0 Å². The quantitative estimate of drug-likeness (QED) is 0.459. The molecule has 1 rings (SSSR count). The summed E-state index contributed by atoms with van der Waals surface area (Å²) in [6.45, 7) is 12.2. The Balaban J connectivity index is 2.47. The summed E-state index contributed by atoms with van der Waals surface area (Å²) in [5.74, 6) is 4.93. The SMILES string of the molecule is CCCCC(C)C1CCC(C)C(C(C)CCCC)C1. The second-order valence-electron chi connectivity index (χ2n) is 7.45. The molecule has 0 heteroatoms. The molecule has 0 aromatic rings. The van der Waals surface area contributed by atoms with Gasteiger partial charge in [-0.15, -0.1) is 0 Å². The van der Waals surface area contributed by atoms with Crippen LogP contribution < -0.4 is 0 Å². The Morgan fingerprint density at radius 3 is 2.05 bits per heavy atom. The van der Waals surface area contributed by atoms with Crippen molar-refractivity contribution in [1.82, 2.24) is 0 Å². The Bertz CT molecular complexity index is 220. The summed E-state index contributed by atoms with van der Waals surface area (Å²) in [7, 11) is 0. The molecule has 5 atom stereocenters. The van der Waals surface area contributed by atoms with Crippen molar-refractivity contribution in [1.29, 1.82) is 0 Å². The lowest BCUT2D eigenvalue weighted by Gasteiger charge is -2.40. The number of unbranched alkanes of at least 4 members (excludes halogenated alkanes) is 2. The molecule has 5 unspecified atom stereocenters. The van der Waals surface area contributed by atoms with Crippen LogP contribution in [0.25, 0.3) is 0 Å². The molecule has 0 aromatic carbocycles. The van der Waals surface area contributed by atoms with Crippen molar-refractivity contribution < 1.29 is 0 Å². The highest BCUT2D eigenvalue weighted by Gasteiger charge is 2.32. The molecule has 0 aliphatic heterocycles. The summed E-state index contributed by atoms with van der Waals surface area (Å²) in [5, 5.41) is 0. The van der Waals surface area contributed by atoms with Crippen LogP contribution in [0.4, 0.5) is 0 Å². The van der Waals surface area contributed by atoms with E-state index in [1.807, 2.05) is 0 Å². The normalized spacial score (nSPS) is 31.1. The molecular weight excluding hydrogens is 228 g/mol. The van der Waals surface area contributed by atoms with Gasteiger partial charge in [-0.05, 0) is 42.4 Å². The Kier molecular flexibility index (Phi) is 8.11. The van der Waals surface area contributed by atoms with Gasteiger partial charge in [0, 0.05) is 0 Å². The van der Waals surface area contributed by atoms with Crippen LogP contribution in [-0.2, 0) is 0 Å². The summed E-state index contributed by atoms with van der Waals surface area (Å²) in [6, 6.07) is 0. The average molecular weight is 267 g/mol. The number of hydrogen-bond donors (Lipinski definition) is 0. The zero-order valence-electron chi connectivity index (χ0n) is 14.3. The summed E-state index contributed by atoms with van der Waals surface area (Å²) < 4.78 is 0. The first-order valence-electron chi connectivity index (χ1n) is 9.10. The molecule has 0 heterocycles. The molecule has 1 aliphatic rings. The van der Waals surface area contributed by atoms with Crippen LogP contribution in [0, 0.1) is 29.6 Å². The maximum absolute atomic E-state index is 2.52. The molecule has 0 radical (unpaired) electrons. The third-order valence-electron chi connectivity index (χ3n) is 5.86. The van der Waals surface area contributed by atoms with Gasteiger partial charge in [-0.2, -0.15) is 0 Å². The molecule has 0 bridgehead atoms. The van der Waals surface area contributed by atoms with E-state index in [0.717, 1.165) is 29.6 Å². The summed E-state index contributed by atoms with van der Waals surface area (Å²) in [4.78, 5) is 0. The van der Waals surface area contributed by atoms with Crippen LogP contribution in [-0.4, -0.2) is 0 Å². The second kappa shape index (κ2) is 9.03. The van der Waals surface area contributed by atoms with Gasteiger partial charge in [0.25, 0.3) is 0 Å². The third-order valence-corrected chi connectivity index (χ3v) is 5.86. The predicted octanol–water partition coefficient (Wildman–Crippen LogP) is 6.69. The molecule has 1 aliphatic carbocycles. The molecule has 0 spiro atoms. The van der Waals surface area contributed by atoms with Crippen LogP contribution in [0.2, 0.25) is 0 Å². The van der Waals surface area contributed by atoms with Gasteiger partial charge >= 0.3 is 0 Å². The molecule has 1 fully saturated rings. The highest BCUT2D eigenvalue weighted by atomic mass is 14.4. The molecular formula is C19H38. The first-order valence-corrected chi connectivity index (χ1v) is 9.10. The Morgan fingerprint density at radius 2 is 1.47 bits per heavy atom. The zero-order valence-corrected chi connectivity index (χ0v) is 14.3. The van der Waals surface area contributed by atoms with Crippen molar-refractivity contribution in [2.24, 2.45) is 29.6 Å². The standard InChI is InChI=1S/C19H38/c1-6-8-10-15(3)18-13-12-17(5)19(14-18)16(4)11-9-7-2/h15-19H,6-14H2,1-5H3. The van der Waals surface area contributed by atoms with E-state index in [-0.39, 0.29) is 0 Å². The van der Waals surface area contributed by atoms with Gasteiger partial charge in [-0.25, -0.2) is 0 Å². The lowest BCUT2D eigenvalue weighted by Crippen LogP contribution is -2.30. The second-order valence-corrected chi connectivity index (χ2v) is 7.45. The van der Waals surface area contributed by atoms with E-state index >= 15 is 0 Å². The summed E-state index contributed by atoms with van der Waals surface area (Å²) in [5.41, 5.74) is 0. The maximum atomic E-state index is 2.52. The van der Waals surface area contributed by atoms with Crippen molar-refractivity contribution >= 4 is 0 Å². The van der Waals surface area contributed by atoms with Gasteiger partial charge in [0.1, 0.15) is 0 Å². The van der Waals surface area contributed by atoms with Crippen molar-refractivity contribution in [2.75, 3.05) is 0 Å². The van der Waals surface area contributed by atoms with Crippen LogP contribution in [0.3, 0.4) is 0 Å². The van der Waals surface area contributed by atoms with Crippen LogP contribution >= 0.6 is 0 Å². The highest BCUT2D eigenvalue weighted by molar-refractivity contribution is 4.83. The first-order chi connectivity index (χ1) is 9.10. The Morgan fingerprint density at radius 1 is 0.895 bits per heavy atom. The molecule has 114 valence electrons. The number of rotatable bonds is 8. The van der Waals surface area contributed by atoms with Crippen LogP contribution in [0.15, 0.2) is 0 Å². The van der Waals surface area contributed by atoms with Gasteiger partial charge in [-0.3, -0.25) is 0 Å². The molecule has 0 nitrogen and oxygen atoms in total. The fourth-order valence-corrected chi connectivity index (χ4v) is 4.20. The molecule has 19 heavy (non-hydrogen) atoms. The Labute approximate surface area is 122 Å². The van der Waals surface area contributed by atoms with Crippen molar-refractivity contribution in [3.63, 3.8) is 0 Å². The van der Waals surface area contributed by atoms with E-state index in [9.17, 15) is 0 Å². The number of hydrogen-bond acceptors (Lipinski definition) is 0. The van der Waals surface area contributed by atoms with E-state index in [1.54, 1.807) is 0 Å². The Hall–Kier alpha value is 0. The van der Waals surface area contributed by atoms with E-state index in [4.69, 9.17) is 0 Å². The topological polar surface area (TPSA) is 0 Å². The highest BCUT2D eigenvalue weighted by Crippen LogP contribution is 2.43. The van der Waals surface area contributed by atoms with E-state index in [2.05, 4.69) is 34.6 Å². The minimum Gasteiger partial charge on any atom is -0.0654 e. The van der Waals surface area contributed by atoms with E-state index < -0.39 is 0 Å². The molecule has 0 N–H and O–H groups in total. The third kappa shape index (κ3) is 5.48. The summed E-state index contributed by atoms with van der Waals surface area (Å²) >= 11 is 0. The molecule has 0 saturated heterocycles. The maximum Gasteiger partial charge on any atom is -0.0360 e. The van der Waals surface area contributed by atoms with E-state index in [1.165, 1.54) is 57.8 Å². The van der Waals surface area contributed by atoms with Gasteiger partial charge in [0.2, 0.25) is 0 Å². The summed E-state index contributed by atoms with van der Waals surface area (Å²) in [6.07, 6.45) is 13.0. The predicted molar refractivity (Wildman–Crippen MR) is 87.4 cm³/mol. The monoisotopic (exact) mass is 266 g/mol. The van der Waals surface area contributed by atoms with Gasteiger partial charge in [0.15, 0.2) is 0 Å². The smallest absolute Gasteiger partial charge is 0.0360 e. The average Bonchev–Trinajstić information content (AvgIpc) is 2.42. The van der Waals surface area contributed by atoms with Crippen LogP contribution in [0.5, 0.6) is 0 Å². The lowest BCUT2D eigenvalue weighted by molar-refractivity contribution is 0.102. The fourth-order valence-electron chi connectivity index (χ4n) is 4.20.